The number of hydrogen-bond donors (Lipinski definition) is 1. The highest BCUT2D eigenvalue weighted by atomic mass is 19.4. The lowest BCUT2D eigenvalue weighted by atomic mass is 9.88. The first-order valence-corrected chi connectivity index (χ1v) is 10.5. The molecule has 1 fully saturated rings. The van der Waals surface area contributed by atoms with Crippen molar-refractivity contribution in [3.05, 3.63) is 64.5 Å². The Labute approximate surface area is 191 Å². The first kappa shape index (κ1) is 26.3. The van der Waals surface area contributed by atoms with Crippen molar-refractivity contribution in [1.82, 2.24) is 9.88 Å². The highest BCUT2D eigenvalue weighted by Gasteiger charge is 2.38. The molecular formula is C24H29F3N2O4. The maximum Gasteiger partial charge on any atom is 0.490 e. The number of benzene rings is 1. The molecule has 0 saturated carbocycles. The fraction of sp³-hybridized carbons (Fsp3) is 0.458. The summed E-state index contributed by atoms with van der Waals surface area (Å²) in [6.45, 7) is 7.44. The van der Waals surface area contributed by atoms with E-state index in [1.165, 1.54) is 11.1 Å². The van der Waals surface area contributed by atoms with Gasteiger partial charge in [-0.25, -0.2) is 4.79 Å². The van der Waals surface area contributed by atoms with E-state index in [1.54, 1.807) is 7.11 Å². The van der Waals surface area contributed by atoms with E-state index in [1.807, 2.05) is 30.9 Å². The average Bonchev–Trinajstić information content (AvgIpc) is 2.72. The number of methoxy groups -OCH3 is 1. The van der Waals surface area contributed by atoms with Gasteiger partial charge in [0.05, 0.1) is 6.10 Å². The van der Waals surface area contributed by atoms with Crippen LogP contribution in [0.3, 0.4) is 0 Å². The summed E-state index contributed by atoms with van der Waals surface area (Å²) in [7, 11) is 1.78. The number of amides is 1. The molecule has 0 bridgehead atoms. The first-order chi connectivity index (χ1) is 15.4. The molecule has 1 aliphatic heterocycles. The van der Waals surface area contributed by atoms with Crippen LogP contribution in [0, 0.1) is 26.7 Å². The number of carboxylic acids is 1. The predicted octanol–water partition coefficient (Wildman–Crippen LogP) is 4.36. The van der Waals surface area contributed by atoms with Gasteiger partial charge in [-0.15, -0.1) is 0 Å². The normalized spacial score (nSPS) is 18.3. The zero-order valence-corrected chi connectivity index (χ0v) is 19.1. The third-order valence-electron chi connectivity index (χ3n) is 5.41. The number of piperidine rings is 1. The van der Waals surface area contributed by atoms with Gasteiger partial charge in [0, 0.05) is 43.1 Å². The quantitative estimate of drug-likeness (QED) is 0.724. The van der Waals surface area contributed by atoms with Crippen molar-refractivity contribution in [1.29, 1.82) is 0 Å². The summed E-state index contributed by atoms with van der Waals surface area (Å²) in [5.74, 6) is -2.35. The molecule has 0 radical (unpaired) electrons. The first-order valence-electron chi connectivity index (χ1n) is 10.5. The minimum atomic E-state index is -5.08. The lowest BCUT2D eigenvalue weighted by molar-refractivity contribution is -0.192. The van der Waals surface area contributed by atoms with E-state index in [0.717, 1.165) is 42.9 Å². The van der Waals surface area contributed by atoms with Gasteiger partial charge in [0.25, 0.3) is 5.91 Å². The molecule has 2 heterocycles. The highest BCUT2D eigenvalue weighted by molar-refractivity contribution is 5.94. The number of alkyl halides is 3. The standard InChI is InChI=1S/C22H28N2O2.C2HF3O2/c1-15-6-5-7-18(10-15)13-20-14-24(9-8-21(20)26-4)22(25)19-11-16(2)23-17(3)12-19;3-2(4,5)1(6)7/h5-7,10-12,20-21H,8-9,13-14H2,1-4H3;(H,6,7)/t20-,21-;/m0./s1. The smallest absolute Gasteiger partial charge is 0.475 e. The summed E-state index contributed by atoms with van der Waals surface area (Å²) in [5.41, 5.74) is 5.08. The van der Waals surface area contributed by atoms with Crippen LogP contribution >= 0.6 is 0 Å². The van der Waals surface area contributed by atoms with Gasteiger partial charge in [-0.2, -0.15) is 13.2 Å². The SMILES string of the molecule is CO[C@H]1CCN(C(=O)c2cc(C)nc(C)c2)C[C@@H]1Cc1cccc(C)c1.O=C(O)C(F)(F)F. The largest absolute Gasteiger partial charge is 0.490 e. The summed E-state index contributed by atoms with van der Waals surface area (Å²) < 4.78 is 37.5. The number of aliphatic carboxylic acids is 1. The Balaban J connectivity index is 0.000000479. The summed E-state index contributed by atoms with van der Waals surface area (Å²) in [6.07, 6.45) is -3.08. The summed E-state index contributed by atoms with van der Waals surface area (Å²) in [6, 6.07) is 12.4. The molecule has 3 rings (SSSR count). The van der Waals surface area contributed by atoms with Crippen molar-refractivity contribution in [2.75, 3.05) is 20.2 Å². The van der Waals surface area contributed by atoms with Crippen molar-refractivity contribution in [3.8, 4) is 0 Å². The number of halogens is 3. The second-order valence-electron chi connectivity index (χ2n) is 8.21. The van der Waals surface area contributed by atoms with Crippen LogP contribution in [0.1, 0.15) is 39.3 Å². The van der Waals surface area contributed by atoms with Crippen molar-refractivity contribution in [3.63, 3.8) is 0 Å². The maximum absolute atomic E-state index is 13.0. The van der Waals surface area contributed by atoms with Gasteiger partial charge >= 0.3 is 12.1 Å². The Bertz CT molecular complexity index is 958. The number of aromatic nitrogens is 1. The van der Waals surface area contributed by atoms with Crippen LogP contribution in [0.2, 0.25) is 0 Å². The van der Waals surface area contributed by atoms with E-state index in [4.69, 9.17) is 14.6 Å². The van der Waals surface area contributed by atoms with Crippen LogP contribution in [-0.4, -0.2) is 59.3 Å². The Morgan fingerprint density at radius 3 is 2.27 bits per heavy atom. The number of hydrogen-bond acceptors (Lipinski definition) is 4. The number of nitrogens with zero attached hydrogens (tertiary/aromatic N) is 2. The van der Waals surface area contributed by atoms with E-state index in [9.17, 15) is 18.0 Å². The summed E-state index contributed by atoms with van der Waals surface area (Å²) in [5, 5.41) is 7.12. The maximum atomic E-state index is 13.0. The van der Waals surface area contributed by atoms with Crippen molar-refractivity contribution < 1.29 is 32.6 Å². The zero-order valence-electron chi connectivity index (χ0n) is 19.1. The molecular weight excluding hydrogens is 437 g/mol. The van der Waals surface area contributed by atoms with Gasteiger partial charge in [-0.3, -0.25) is 9.78 Å². The Hall–Kier alpha value is -2.94. The minimum absolute atomic E-state index is 0.0994. The lowest BCUT2D eigenvalue weighted by Crippen LogP contribution is -2.47. The summed E-state index contributed by atoms with van der Waals surface area (Å²) in [4.78, 5) is 28.3. The minimum Gasteiger partial charge on any atom is -0.475 e. The number of likely N-dealkylation sites (tertiary alicyclic amines) is 1. The van der Waals surface area contributed by atoms with E-state index >= 15 is 0 Å². The number of carboxylic acid groups (broad SMARTS) is 1. The van der Waals surface area contributed by atoms with Gasteiger partial charge in [0.2, 0.25) is 0 Å². The van der Waals surface area contributed by atoms with Crippen molar-refractivity contribution >= 4 is 11.9 Å². The average molecular weight is 467 g/mol. The van der Waals surface area contributed by atoms with Gasteiger partial charge in [-0.1, -0.05) is 29.8 Å². The molecule has 6 nitrogen and oxygen atoms in total. The van der Waals surface area contributed by atoms with Crippen LogP contribution in [0.5, 0.6) is 0 Å². The molecule has 180 valence electrons. The number of aryl methyl sites for hydroxylation is 3. The van der Waals surface area contributed by atoms with Crippen LogP contribution in [0.4, 0.5) is 13.2 Å². The number of rotatable bonds is 4. The topological polar surface area (TPSA) is 79.7 Å². The molecule has 1 N–H and O–H groups in total. The van der Waals surface area contributed by atoms with E-state index in [2.05, 4.69) is 36.2 Å². The third kappa shape index (κ3) is 7.85. The van der Waals surface area contributed by atoms with Crippen molar-refractivity contribution in [2.45, 2.75) is 45.9 Å². The molecule has 9 heteroatoms. The second-order valence-corrected chi connectivity index (χ2v) is 8.21. The fourth-order valence-electron chi connectivity index (χ4n) is 3.98. The molecule has 2 atom stereocenters. The van der Waals surface area contributed by atoms with Crippen LogP contribution in [0.25, 0.3) is 0 Å². The monoisotopic (exact) mass is 466 g/mol. The molecule has 1 aliphatic rings. The van der Waals surface area contributed by atoms with E-state index in [0.29, 0.717) is 5.92 Å². The number of carbonyl (C=O) groups excluding carboxylic acids is 1. The molecule has 33 heavy (non-hydrogen) atoms. The number of ether oxygens (including phenoxy) is 1. The zero-order chi connectivity index (χ0) is 24.8. The number of carbonyl (C=O) groups is 2. The molecule has 0 spiro atoms. The summed E-state index contributed by atoms with van der Waals surface area (Å²) >= 11 is 0. The van der Waals surface area contributed by atoms with E-state index < -0.39 is 12.1 Å². The third-order valence-corrected chi connectivity index (χ3v) is 5.41. The van der Waals surface area contributed by atoms with E-state index in [-0.39, 0.29) is 12.0 Å². The molecule has 1 amide bonds. The van der Waals surface area contributed by atoms with Gasteiger partial charge in [0.1, 0.15) is 0 Å². The van der Waals surface area contributed by atoms with Gasteiger partial charge in [-0.05, 0) is 51.3 Å². The lowest BCUT2D eigenvalue weighted by Gasteiger charge is -2.38. The van der Waals surface area contributed by atoms with Crippen LogP contribution < -0.4 is 0 Å². The number of pyridine rings is 1. The molecule has 0 aliphatic carbocycles. The Kier molecular flexibility index (Phi) is 8.99. The predicted molar refractivity (Wildman–Crippen MR) is 117 cm³/mol. The Morgan fingerprint density at radius 2 is 1.76 bits per heavy atom. The fourth-order valence-corrected chi connectivity index (χ4v) is 3.98. The molecule has 2 aromatic rings. The van der Waals surface area contributed by atoms with Gasteiger partial charge < -0.3 is 14.7 Å². The van der Waals surface area contributed by atoms with Gasteiger partial charge in [0.15, 0.2) is 0 Å². The molecule has 1 aromatic carbocycles. The molecule has 1 aromatic heterocycles. The molecule has 1 saturated heterocycles. The highest BCUT2D eigenvalue weighted by Crippen LogP contribution is 2.25. The Morgan fingerprint density at radius 1 is 1.15 bits per heavy atom. The van der Waals surface area contributed by atoms with Crippen LogP contribution in [-0.2, 0) is 16.0 Å². The molecule has 0 unspecified atom stereocenters. The van der Waals surface area contributed by atoms with Crippen molar-refractivity contribution in [2.24, 2.45) is 5.92 Å². The second kappa shape index (κ2) is 11.3. The van der Waals surface area contributed by atoms with Crippen LogP contribution in [0.15, 0.2) is 36.4 Å².